The normalized spacial score (nSPS) is 14.7. The minimum atomic E-state index is -4.29. The summed E-state index contributed by atoms with van der Waals surface area (Å²) in [6, 6.07) is 14.1. The number of phenolic OH excluding ortho intramolecular Hbond substituents is 1. The molecule has 0 bridgehead atoms. The third-order valence-corrected chi connectivity index (χ3v) is 9.27. The van der Waals surface area contributed by atoms with Crippen LogP contribution in [0.15, 0.2) is 87.5 Å². The number of benzene rings is 3. The maximum absolute atomic E-state index is 12.6. The lowest BCUT2D eigenvalue weighted by Crippen LogP contribution is -2.39. The Morgan fingerprint density at radius 2 is 1.03 bits per heavy atom. The van der Waals surface area contributed by atoms with Gasteiger partial charge in [-0.2, -0.15) is 16.8 Å². The Bertz CT molecular complexity index is 1510. The molecule has 0 saturated heterocycles. The fourth-order valence-corrected chi connectivity index (χ4v) is 6.28. The van der Waals surface area contributed by atoms with Gasteiger partial charge in [0.25, 0.3) is 0 Å². The second kappa shape index (κ2) is 9.49. The number of hydrogen-bond donors (Lipinski definition) is 2. The second-order valence-electron chi connectivity index (χ2n) is 7.76. The van der Waals surface area contributed by atoms with Gasteiger partial charge in [-0.1, -0.05) is 6.42 Å². The topological polar surface area (TPSA) is 153 Å². The molecule has 1 aliphatic carbocycles. The Morgan fingerprint density at radius 3 is 1.43 bits per heavy atom. The Balaban J connectivity index is 1.44. The standard InChI is InChI=1S/C22H21NO9S3/c24-17-4-10-21(11-5-17)34(27,28)32-19-8-14-22(15-9-19)35(29,30)31-18-6-12-20(13-7-18)33(25,26)23-16-2-1-3-16/h4-16,23-24H,1-3H2. The highest BCUT2D eigenvalue weighted by Crippen LogP contribution is 2.26. The maximum atomic E-state index is 12.6. The van der Waals surface area contributed by atoms with Crippen molar-refractivity contribution in [2.45, 2.75) is 40.0 Å². The van der Waals surface area contributed by atoms with Crippen molar-refractivity contribution in [1.82, 2.24) is 4.72 Å². The van der Waals surface area contributed by atoms with Crippen LogP contribution in [0.5, 0.6) is 17.2 Å². The fraction of sp³-hybridized carbons (Fsp3) is 0.182. The summed E-state index contributed by atoms with van der Waals surface area (Å²) in [6.45, 7) is 0. The first-order valence-corrected chi connectivity index (χ1v) is 14.7. The number of rotatable bonds is 9. The highest BCUT2D eigenvalue weighted by atomic mass is 32.2. The van der Waals surface area contributed by atoms with Crippen LogP contribution >= 0.6 is 0 Å². The van der Waals surface area contributed by atoms with Gasteiger partial charge in [-0.3, -0.25) is 0 Å². The molecule has 1 aliphatic rings. The van der Waals surface area contributed by atoms with Crippen LogP contribution in [0.3, 0.4) is 0 Å². The highest BCUT2D eigenvalue weighted by molar-refractivity contribution is 7.89. The van der Waals surface area contributed by atoms with Gasteiger partial charge in [-0.25, -0.2) is 13.1 Å². The molecule has 35 heavy (non-hydrogen) atoms. The Kier molecular flexibility index (Phi) is 6.77. The number of aromatic hydroxyl groups is 1. The van der Waals surface area contributed by atoms with Crippen molar-refractivity contribution >= 4 is 30.3 Å². The van der Waals surface area contributed by atoms with Crippen molar-refractivity contribution in [1.29, 1.82) is 0 Å². The number of sulfonamides is 1. The van der Waals surface area contributed by atoms with Crippen molar-refractivity contribution in [3.8, 4) is 17.2 Å². The van der Waals surface area contributed by atoms with E-state index in [-0.39, 0.29) is 38.0 Å². The molecule has 1 saturated carbocycles. The molecular weight excluding hydrogens is 518 g/mol. The molecule has 0 spiro atoms. The predicted molar refractivity (Wildman–Crippen MR) is 125 cm³/mol. The third kappa shape index (κ3) is 5.93. The first kappa shape index (κ1) is 25.0. The van der Waals surface area contributed by atoms with E-state index in [0.717, 1.165) is 55.7 Å². The van der Waals surface area contributed by atoms with Crippen LogP contribution in [-0.4, -0.2) is 36.4 Å². The minimum Gasteiger partial charge on any atom is -0.508 e. The van der Waals surface area contributed by atoms with Gasteiger partial charge in [0.1, 0.15) is 27.0 Å². The Morgan fingerprint density at radius 1 is 0.629 bits per heavy atom. The van der Waals surface area contributed by atoms with E-state index in [1.165, 1.54) is 36.4 Å². The summed E-state index contributed by atoms with van der Waals surface area (Å²) in [5.41, 5.74) is 0. The van der Waals surface area contributed by atoms with Gasteiger partial charge in [-0.05, 0) is 85.6 Å². The number of phenols is 1. The van der Waals surface area contributed by atoms with E-state index >= 15 is 0 Å². The first-order valence-electron chi connectivity index (χ1n) is 10.4. The van der Waals surface area contributed by atoms with Crippen LogP contribution in [0, 0.1) is 0 Å². The zero-order chi connectivity index (χ0) is 25.3. The molecule has 1 fully saturated rings. The van der Waals surface area contributed by atoms with Crippen molar-refractivity contribution in [2.75, 3.05) is 0 Å². The third-order valence-electron chi connectivity index (χ3n) is 5.21. The van der Waals surface area contributed by atoms with Crippen molar-refractivity contribution in [2.24, 2.45) is 0 Å². The van der Waals surface area contributed by atoms with Gasteiger partial charge in [0.2, 0.25) is 10.0 Å². The fourth-order valence-electron chi connectivity index (χ4n) is 3.11. The van der Waals surface area contributed by atoms with E-state index < -0.39 is 30.3 Å². The van der Waals surface area contributed by atoms with E-state index in [1.54, 1.807) is 0 Å². The molecule has 13 heteroatoms. The smallest absolute Gasteiger partial charge is 0.339 e. The molecule has 0 unspecified atom stereocenters. The van der Waals surface area contributed by atoms with E-state index in [4.69, 9.17) is 8.37 Å². The molecule has 2 N–H and O–H groups in total. The summed E-state index contributed by atoms with van der Waals surface area (Å²) >= 11 is 0. The van der Waals surface area contributed by atoms with Gasteiger partial charge in [-0.15, -0.1) is 0 Å². The molecule has 0 aliphatic heterocycles. The van der Waals surface area contributed by atoms with Crippen molar-refractivity contribution in [3.05, 3.63) is 72.8 Å². The molecule has 3 aromatic carbocycles. The van der Waals surface area contributed by atoms with Crippen LogP contribution in [0.4, 0.5) is 0 Å². The molecule has 0 atom stereocenters. The van der Waals surface area contributed by atoms with Crippen LogP contribution in [0.1, 0.15) is 19.3 Å². The zero-order valence-electron chi connectivity index (χ0n) is 18.1. The van der Waals surface area contributed by atoms with Gasteiger partial charge >= 0.3 is 20.2 Å². The van der Waals surface area contributed by atoms with E-state index in [9.17, 15) is 30.4 Å². The summed E-state index contributed by atoms with van der Waals surface area (Å²) in [5, 5.41) is 9.28. The van der Waals surface area contributed by atoms with E-state index in [0.29, 0.717) is 0 Å². The molecule has 0 amide bonds. The maximum Gasteiger partial charge on any atom is 0.339 e. The number of hydrogen-bond acceptors (Lipinski definition) is 9. The van der Waals surface area contributed by atoms with Crippen molar-refractivity contribution in [3.63, 3.8) is 0 Å². The molecule has 10 nitrogen and oxygen atoms in total. The van der Waals surface area contributed by atoms with Gasteiger partial charge in [0.05, 0.1) is 4.90 Å². The summed E-state index contributed by atoms with van der Waals surface area (Å²) in [7, 11) is -12.2. The highest BCUT2D eigenvalue weighted by Gasteiger charge is 2.25. The molecule has 3 aromatic rings. The van der Waals surface area contributed by atoms with E-state index in [2.05, 4.69) is 4.72 Å². The molecule has 4 rings (SSSR count). The van der Waals surface area contributed by atoms with Gasteiger partial charge in [0, 0.05) is 6.04 Å². The van der Waals surface area contributed by atoms with Crippen molar-refractivity contribution < 1.29 is 38.7 Å². The largest absolute Gasteiger partial charge is 0.508 e. The molecule has 0 aromatic heterocycles. The SMILES string of the molecule is O=S(=O)(NC1CCC1)c1ccc(OS(=O)(=O)c2ccc(OS(=O)(=O)c3ccc(O)cc3)cc2)cc1. The second-order valence-corrected chi connectivity index (χ2v) is 12.6. The van der Waals surface area contributed by atoms with E-state index in [1.807, 2.05) is 0 Å². The zero-order valence-corrected chi connectivity index (χ0v) is 20.5. The first-order chi connectivity index (χ1) is 16.4. The lowest BCUT2D eigenvalue weighted by atomic mass is 9.94. The Hall–Kier alpha value is -3.13. The quantitative estimate of drug-likeness (QED) is 0.391. The molecule has 0 heterocycles. The Labute approximate surface area is 203 Å². The minimum absolute atomic E-state index is 0.00881. The predicted octanol–water partition coefficient (Wildman–Crippen LogP) is 2.76. The van der Waals surface area contributed by atoms with Crippen LogP contribution < -0.4 is 13.1 Å². The molecule has 0 radical (unpaired) electrons. The summed E-state index contributed by atoms with van der Waals surface area (Å²) < 4.78 is 87.2. The van der Waals surface area contributed by atoms with Crippen LogP contribution in [0.2, 0.25) is 0 Å². The summed E-state index contributed by atoms with van der Waals surface area (Å²) in [6.07, 6.45) is 2.54. The average Bonchev–Trinajstić information content (AvgIpc) is 2.77. The van der Waals surface area contributed by atoms with Gasteiger partial charge in [0.15, 0.2) is 0 Å². The molecular formula is C22H21NO9S3. The number of nitrogens with one attached hydrogen (secondary N) is 1. The average molecular weight is 540 g/mol. The lowest BCUT2D eigenvalue weighted by molar-refractivity contribution is 0.383. The summed E-state index contributed by atoms with van der Waals surface area (Å²) in [5.74, 6) is -0.339. The van der Waals surface area contributed by atoms with Gasteiger partial charge < -0.3 is 13.5 Å². The van der Waals surface area contributed by atoms with Crippen LogP contribution in [-0.2, 0) is 30.3 Å². The monoisotopic (exact) mass is 539 g/mol. The summed E-state index contributed by atoms with van der Waals surface area (Å²) in [4.78, 5) is -0.468. The lowest BCUT2D eigenvalue weighted by Gasteiger charge is -2.26. The molecule has 186 valence electrons. The van der Waals surface area contributed by atoms with Crippen LogP contribution in [0.25, 0.3) is 0 Å².